The van der Waals surface area contributed by atoms with Crippen molar-refractivity contribution >= 4 is 51.0 Å². The highest BCUT2D eigenvalue weighted by Gasteiger charge is 2.13. The molecule has 0 radical (unpaired) electrons. The lowest BCUT2D eigenvalue weighted by molar-refractivity contribution is -0.136. The zero-order chi connectivity index (χ0) is 22.7. The van der Waals surface area contributed by atoms with E-state index in [1.807, 2.05) is 24.3 Å². The van der Waals surface area contributed by atoms with Crippen molar-refractivity contribution in [3.8, 4) is 11.5 Å². The van der Waals surface area contributed by atoms with Gasteiger partial charge in [-0.05, 0) is 59.7 Å². The second-order valence-corrected chi connectivity index (χ2v) is 7.90. The summed E-state index contributed by atoms with van der Waals surface area (Å²) in [6.07, 6.45) is 2.10. The quantitative estimate of drug-likeness (QED) is 0.253. The van der Waals surface area contributed by atoms with Crippen LogP contribution in [0.25, 0.3) is 28.6 Å². The van der Waals surface area contributed by atoms with Gasteiger partial charge in [0.2, 0.25) is 5.89 Å². The van der Waals surface area contributed by atoms with E-state index in [1.54, 1.807) is 30.3 Å². The molecule has 0 aliphatic heterocycles. The number of anilines is 1. The number of aromatic nitrogens is 1. The molecular weight excluding hydrogens is 479 g/mol. The molecule has 0 atom stereocenters. The van der Waals surface area contributed by atoms with Crippen molar-refractivity contribution in [2.75, 3.05) is 5.32 Å². The first-order valence-electron chi connectivity index (χ1n) is 9.52. The predicted octanol–water partition coefficient (Wildman–Crippen LogP) is 5.68. The third-order valence-electron chi connectivity index (χ3n) is 4.62. The summed E-state index contributed by atoms with van der Waals surface area (Å²) in [7, 11) is 0. The summed E-state index contributed by atoms with van der Waals surface area (Å²) in [4.78, 5) is 26.7. The first-order valence-corrected chi connectivity index (χ1v) is 10.3. The van der Waals surface area contributed by atoms with Gasteiger partial charge in [-0.2, -0.15) is 0 Å². The fourth-order valence-corrected chi connectivity index (χ4v) is 3.39. The topological polar surface area (TPSA) is 92.4 Å². The molecule has 0 saturated carbocycles. The lowest BCUT2D eigenvalue weighted by Crippen LogP contribution is -2.02. The van der Waals surface area contributed by atoms with E-state index in [0.29, 0.717) is 28.5 Å². The van der Waals surface area contributed by atoms with Crippen LogP contribution < -0.4 is 5.32 Å². The van der Waals surface area contributed by atoms with E-state index < -0.39 is 11.8 Å². The number of nitrogens with one attached hydrogen (secondary N) is 1. The highest BCUT2D eigenvalue weighted by Crippen LogP contribution is 2.28. The third-order valence-corrected chi connectivity index (χ3v) is 5.15. The second-order valence-electron chi connectivity index (χ2n) is 6.98. The van der Waals surface area contributed by atoms with Crippen LogP contribution in [0.2, 0.25) is 0 Å². The van der Waals surface area contributed by atoms with Crippen molar-refractivity contribution < 1.29 is 23.5 Å². The predicted molar refractivity (Wildman–Crippen MR) is 123 cm³/mol. The molecule has 0 saturated heterocycles. The number of aldehydes is 1. The van der Waals surface area contributed by atoms with Gasteiger partial charge in [-0.15, -0.1) is 0 Å². The molecule has 1 heterocycles. The first-order chi connectivity index (χ1) is 15.4. The molecule has 32 heavy (non-hydrogen) atoms. The molecule has 0 aliphatic carbocycles. The molecule has 8 heteroatoms. The number of carbonyl (C=O) groups excluding carboxylic acids is 1. The number of benzene rings is 3. The van der Waals surface area contributed by atoms with Crippen LogP contribution in [-0.4, -0.2) is 22.3 Å². The van der Waals surface area contributed by atoms with Crippen molar-refractivity contribution in [3.63, 3.8) is 0 Å². The molecule has 0 fully saturated rings. The van der Waals surface area contributed by atoms with Crippen LogP contribution in [0.5, 0.6) is 0 Å². The number of halogens is 2. The van der Waals surface area contributed by atoms with Gasteiger partial charge in [-0.25, -0.2) is 9.37 Å². The highest BCUT2D eigenvalue weighted by atomic mass is 79.9. The lowest BCUT2D eigenvalue weighted by atomic mass is 10.1. The van der Waals surface area contributed by atoms with Crippen molar-refractivity contribution in [1.82, 2.24) is 4.98 Å². The third kappa shape index (κ3) is 4.92. The molecule has 160 valence electrons. The average molecular weight is 495 g/mol. The molecule has 0 amide bonds. The van der Waals surface area contributed by atoms with E-state index in [9.17, 15) is 14.0 Å². The second kappa shape index (κ2) is 9.15. The summed E-state index contributed by atoms with van der Waals surface area (Å²) in [6, 6.07) is 16.6. The molecule has 0 aliphatic rings. The number of aliphatic carboxylic acids is 1. The van der Waals surface area contributed by atoms with Gasteiger partial charge in [0.25, 0.3) is 0 Å². The Bertz CT molecular complexity index is 1350. The molecule has 0 spiro atoms. The normalized spacial score (nSPS) is 11.5. The Morgan fingerprint density at radius 2 is 1.91 bits per heavy atom. The van der Waals surface area contributed by atoms with Crippen LogP contribution in [0.1, 0.15) is 11.1 Å². The Morgan fingerprint density at radius 3 is 2.59 bits per heavy atom. The molecule has 6 nitrogen and oxygen atoms in total. The first kappa shape index (κ1) is 21.5. The van der Waals surface area contributed by atoms with Crippen molar-refractivity contribution in [2.24, 2.45) is 0 Å². The van der Waals surface area contributed by atoms with E-state index >= 15 is 0 Å². The number of hydrogen-bond donors (Lipinski definition) is 2. The minimum atomic E-state index is -0.942. The van der Waals surface area contributed by atoms with Crippen LogP contribution in [0.3, 0.4) is 0 Å². The fourth-order valence-electron chi connectivity index (χ4n) is 3.12. The standard InChI is InChI=1S/C24H16BrFN2O4/c25-17-5-1-14(2-6-17)9-18(13-29)27-20-7-4-16(12-19(20)26)24-28-21-10-15(11-23(30)31)3-8-22(21)32-24/h1-10,12-13,27H,11H2,(H,30,31)/b18-9+. The number of rotatable bonds is 7. The van der Waals surface area contributed by atoms with E-state index in [4.69, 9.17) is 9.52 Å². The summed E-state index contributed by atoms with van der Waals surface area (Å²) in [5.41, 5.74) is 3.08. The van der Waals surface area contributed by atoms with Gasteiger partial charge < -0.3 is 14.8 Å². The summed E-state index contributed by atoms with van der Waals surface area (Å²) in [5, 5.41) is 11.7. The van der Waals surface area contributed by atoms with E-state index in [0.717, 1.165) is 10.0 Å². The van der Waals surface area contributed by atoms with Gasteiger partial charge in [0, 0.05) is 10.0 Å². The number of nitrogens with zero attached hydrogens (tertiary/aromatic N) is 1. The molecule has 4 aromatic rings. The maximum Gasteiger partial charge on any atom is 0.307 e. The van der Waals surface area contributed by atoms with Gasteiger partial charge >= 0.3 is 5.97 Å². The number of hydrogen-bond acceptors (Lipinski definition) is 5. The van der Waals surface area contributed by atoms with Crippen LogP contribution >= 0.6 is 15.9 Å². The fraction of sp³-hybridized carbons (Fsp3) is 0.0417. The maximum absolute atomic E-state index is 14.7. The highest BCUT2D eigenvalue weighted by molar-refractivity contribution is 9.10. The van der Waals surface area contributed by atoms with Crippen LogP contribution in [0, 0.1) is 5.82 Å². The number of oxazole rings is 1. The zero-order valence-corrected chi connectivity index (χ0v) is 18.1. The van der Waals surface area contributed by atoms with Crippen LogP contribution in [0.4, 0.5) is 10.1 Å². The molecular formula is C24H16BrFN2O4. The Morgan fingerprint density at radius 1 is 1.12 bits per heavy atom. The number of carboxylic acid groups (broad SMARTS) is 1. The summed E-state index contributed by atoms with van der Waals surface area (Å²) < 4.78 is 21.3. The van der Waals surface area contributed by atoms with Gasteiger partial charge in [-0.1, -0.05) is 34.1 Å². The lowest BCUT2D eigenvalue weighted by Gasteiger charge is -2.08. The SMILES string of the molecule is O=C/C(=C\c1ccc(Br)cc1)Nc1ccc(-c2nc3cc(CC(=O)O)ccc3o2)cc1F. The Balaban J connectivity index is 1.58. The molecule has 0 bridgehead atoms. The van der Waals surface area contributed by atoms with Gasteiger partial charge in [-0.3, -0.25) is 9.59 Å². The smallest absolute Gasteiger partial charge is 0.307 e. The molecule has 4 rings (SSSR count). The van der Waals surface area contributed by atoms with E-state index in [-0.39, 0.29) is 23.7 Å². The minimum Gasteiger partial charge on any atom is -0.481 e. The number of carbonyl (C=O) groups is 2. The average Bonchev–Trinajstić information content (AvgIpc) is 3.19. The van der Waals surface area contributed by atoms with Crippen molar-refractivity contribution in [1.29, 1.82) is 0 Å². The summed E-state index contributed by atoms with van der Waals surface area (Å²) in [5.74, 6) is -1.32. The largest absolute Gasteiger partial charge is 0.481 e. The number of fused-ring (bicyclic) bond motifs is 1. The summed E-state index contributed by atoms with van der Waals surface area (Å²) >= 11 is 3.35. The van der Waals surface area contributed by atoms with Gasteiger partial charge in [0.15, 0.2) is 11.9 Å². The Kier molecular flexibility index (Phi) is 6.13. The minimum absolute atomic E-state index is 0.125. The van der Waals surface area contributed by atoms with Crippen molar-refractivity contribution in [3.05, 3.63) is 87.8 Å². The molecule has 2 N–H and O–H groups in total. The molecule has 0 unspecified atom stereocenters. The van der Waals surface area contributed by atoms with E-state index in [1.165, 1.54) is 12.1 Å². The Labute approximate surface area is 190 Å². The maximum atomic E-state index is 14.7. The monoisotopic (exact) mass is 494 g/mol. The molecule has 3 aromatic carbocycles. The number of allylic oxidation sites excluding steroid dienone is 1. The van der Waals surface area contributed by atoms with Gasteiger partial charge in [0.1, 0.15) is 11.3 Å². The molecule has 1 aromatic heterocycles. The Hall–Kier alpha value is -3.78. The van der Waals surface area contributed by atoms with Gasteiger partial charge in [0.05, 0.1) is 17.8 Å². The zero-order valence-electron chi connectivity index (χ0n) is 16.5. The number of carboxylic acids is 1. The van der Waals surface area contributed by atoms with Crippen molar-refractivity contribution in [2.45, 2.75) is 6.42 Å². The van der Waals surface area contributed by atoms with E-state index in [2.05, 4.69) is 26.2 Å². The van der Waals surface area contributed by atoms with Crippen LogP contribution in [-0.2, 0) is 16.0 Å². The van der Waals surface area contributed by atoms with Crippen LogP contribution in [0.15, 0.2) is 75.3 Å². The summed E-state index contributed by atoms with van der Waals surface area (Å²) in [6.45, 7) is 0.